The van der Waals surface area contributed by atoms with Gasteiger partial charge in [0.2, 0.25) is 0 Å². The number of imide groups is 1. The van der Waals surface area contributed by atoms with Crippen LogP contribution in [0.25, 0.3) is 5.57 Å². The van der Waals surface area contributed by atoms with Crippen LogP contribution in [0.4, 0.5) is 24.5 Å². The summed E-state index contributed by atoms with van der Waals surface area (Å²) in [5.74, 6) is -0.464. The molecule has 0 aromatic heterocycles. The first kappa shape index (κ1) is 22.9. The van der Waals surface area contributed by atoms with Crippen LogP contribution in [-0.4, -0.2) is 26.0 Å². The number of amides is 2. The smallest absolute Gasteiger partial charge is 0.416 e. The maximum absolute atomic E-state index is 13.4. The van der Waals surface area contributed by atoms with Crippen LogP contribution in [0.1, 0.15) is 11.1 Å². The number of ether oxygens (including phenoxy) is 2. The summed E-state index contributed by atoms with van der Waals surface area (Å²) in [4.78, 5) is 27.6. The van der Waals surface area contributed by atoms with E-state index >= 15 is 0 Å². The third-order valence-corrected chi connectivity index (χ3v) is 5.25. The first-order valence-electron chi connectivity index (χ1n) is 10.1. The standard InChI is InChI=1S/C25H19F3N2O4/c1-33-19-13-10-17(14-20(19)34-2)29-22-21(15-6-4-3-5-7-15)23(31)30(24(22)32)18-11-8-16(9-12-18)25(26,27)28/h3-14,29H,1-2H3. The molecule has 0 aliphatic carbocycles. The molecule has 0 saturated carbocycles. The number of hydrogen-bond donors (Lipinski definition) is 1. The molecule has 1 heterocycles. The lowest BCUT2D eigenvalue weighted by molar-refractivity contribution is -0.137. The lowest BCUT2D eigenvalue weighted by Gasteiger charge is -2.16. The van der Waals surface area contributed by atoms with E-state index in [4.69, 9.17) is 9.47 Å². The number of carbonyl (C=O) groups is 2. The highest BCUT2D eigenvalue weighted by atomic mass is 19.4. The van der Waals surface area contributed by atoms with Crippen molar-refractivity contribution in [3.63, 3.8) is 0 Å². The number of nitrogens with zero attached hydrogens (tertiary/aromatic N) is 1. The molecule has 0 fully saturated rings. The van der Waals surface area contributed by atoms with Crippen molar-refractivity contribution in [2.75, 3.05) is 24.4 Å². The Morgan fingerprint density at radius 1 is 0.794 bits per heavy atom. The predicted molar refractivity (Wildman–Crippen MR) is 120 cm³/mol. The minimum atomic E-state index is -4.54. The topological polar surface area (TPSA) is 67.9 Å². The SMILES string of the molecule is COc1ccc(NC2=C(c3ccccc3)C(=O)N(c3ccc(C(F)(F)F)cc3)C2=O)cc1OC. The Kier molecular flexibility index (Phi) is 6.02. The molecular weight excluding hydrogens is 449 g/mol. The van der Waals surface area contributed by atoms with Gasteiger partial charge in [-0.05, 0) is 42.0 Å². The average Bonchev–Trinajstić information content (AvgIpc) is 3.08. The van der Waals surface area contributed by atoms with Gasteiger partial charge in [-0.25, -0.2) is 4.90 Å². The third kappa shape index (κ3) is 4.19. The van der Waals surface area contributed by atoms with Crippen molar-refractivity contribution in [1.82, 2.24) is 0 Å². The van der Waals surface area contributed by atoms with E-state index in [1.807, 2.05) is 0 Å². The summed E-state index contributed by atoms with van der Waals surface area (Å²) < 4.78 is 49.4. The van der Waals surface area contributed by atoms with Gasteiger partial charge in [0, 0.05) is 11.8 Å². The summed E-state index contributed by atoms with van der Waals surface area (Å²) in [6.07, 6.45) is -4.54. The Morgan fingerprint density at radius 2 is 1.44 bits per heavy atom. The summed E-state index contributed by atoms with van der Waals surface area (Å²) in [5, 5.41) is 2.98. The van der Waals surface area contributed by atoms with E-state index in [1.54, 1.807) is 48.5 Å². The van der Waals surface area contributed by atoms with Gasteiger partial charge in [0.05, 0.1) is 31.0 Å². The molecule has 3 aromatic rings. The predicted octanol–water partition coefficient (Wildman–Crippen LogP) is 5.12. The molecule has 4 rings (SSSR count). The second-order valence-electron chi connectivity index (χ2n) is 7.30. The number of carbonyl (C=O) groups excluding carboxylic acids is 2. The summed E-state index contributed by atoms with van der Waals surface area (Å²) in [6.45, 7) is 0. The molecule has 6 nitrogen and oxygen atoms in total. The fourth-order valence-corrected chi connectivity index (χ4v) is 3.61. The quantitative estimate of drug-likeness (QED) is 0.509. The molecule has 0 bridgehead atoms. The monoisotopic (exact) mass is 468 g/mol. The van der Waals surface area contributed by atoms with E-state index in [-0.39, 0.29) is 17.0 Å². The highest BCUT2D eigenvalue weighted by Gasteiger charge is 2.40. The Labute approximate surface area is 193 Å². The van der Waals surface area contributed by atoms with Crippen LogP contribution >= 0.6 is 0 Å². The zero-order valence-corrected chi connectivity index (χ0v) is 18.1. The van der Waals surface area contributed by atoms with Crippen LogP contribution in [-0.2, 0) is 15.8 Å². The summed E-state index contributed by atoms with van der Waals surface area (Å²) in [7, 11) is 2.95. The first-order valence-corrected chi connectivity index (χ1v) is 10.1. The zero-order chi connectivity index (χ0) is 24.5. The van der Waals surface area contributed by atoms with Gasteiger partial charge in [-0.2, -0.15) is 13.2 Å². The molecule has 3 aromatic carbocycles. The van der Waals surface area contributed by atoms with Crippen molar-refractivity contribution in [3.8, 4) is 11.5 Å². The molecule has 9 heteroatoms. The summed E-state index contributed by atoms with van der Waals surface area (Å²) >= 11 is 0. The molecule has 34 heavy (non-hydrogen) atoms. The van der Waals surface area contributed by atoms with Gasteiger partial charge < -0.3 is 14.8 Å². The van der Waals surface area contributed by atoms with Gasteiger partial charge in [-0.15, -0.1) is 0 Å². The maximum atomic E-state index is 13.4. The molecule has 174 valence electrons. The first-order chi connectivity index (χ1) is 16.2. The van der Waals surface area contributed by atoms with Gasteiger partial charge in [0.15, 0.2) is 11.5 Å². The van der Waals surface area contributed by atoms with Crippen LogP contribution in [0.3, 0.4) is 0 Å². The van der Waals surface area contributed by atoms with Crippen LogP contribution in [0.15, 0.2) is 78.5 Å². The van der Waals surface area contributed by atoms with E-state index < -0.39 is 23.6 Å². The molecule has 1 aliphatic heterocycles. The average molecular weight is 468 g/mol. The van der Waals surface area contributed by atoms with Crippen molar-refractivity contribution in [2.45, 2.75) is 6.18 Å². The van der Waals surface area contributed by atoms with Crippen molar-refractivity contribution in [1.29, 1.82) is 0 Å². The van der Waals surface area contributed by atoms with E-state index in [2.05, 4.69) is 5.32 Å². The molecule has 1 N–H and O–H groups in total. The number of anilines is 2. The number of halogens is 3. The van der Waals surface area contributed by atoms with E-state index in [0.717, 1.165) is 29.2 Å². The largest absolute Gasteiger partial charge is 0.493 e. The molecular formula is C25H19F3N2O4. The highest BCUT2D eigenvalue weighted by molar-refractivity contribution is 6.46. The van der Waals surface area contributed by atoms with Crippen molar-refractivity contribution in [3.05, 3.63) is 89.6 Å². The van der Waals surface area contributed by atoms with Crippen LogP contribution in [0.2, 0.25) is 0 Å². The number of methoxy groups -OCH3 is 2. The van der Waals surface area contributed by atoms with Gasteiger partial charge >= 0.3 is 6.18 Å². The van der Waals surface area contributed by atoms with Crippen LogP contribution in [0.5, 0.6) is 11.5 Å². The minimum Gasteiger partial charge on any atom is -0.493 e. The Hall–Kier alpha value is -4.27. The van der Waals surface area contributed by atoms with Gasteiger partial charge in [-0.3, -0.25) is 9.59 Å². The summed E-state index contributed by atoms with van der Waals surface area (Å²) in [5.41, 5.74) is 0.175. The van der Waals surface area contributed by atoms with Crippen molar-refractivity contribution in [2.24, 2.45) is 0 Å². The third-order valence-electron chi connectivity index (χ3n) is 5.25. The summed E-state index contributed by atoms with van der Waals surface area (Å²) in [6, 6.07) is 17.3. The fourth-order valence-electron chi connectivity index (χ4n) is 3.61. The zero-order valence-electron chi connectivity index (χ0n) is 18.1. The van der Waals surface area contributed by atoms with E-state index in [0.29, 0.717) is 22.7 Å². The van der Waals surface area contributed by atoms with Gasteiger partial charge in [0.25, 0.3) is 11.8 Å². The Balaban J connectivity index is 1.76. The number of alkyl halides is 3. The number of nitrogens with one attached hydrogen (secondary N) is 1. The second-order valence-corrected chi connectivity index (χ2v) is 7.30. The number of benzene rings is 3. The van der Waals surface area contributed by atoms with Crippen molar-refractivity contribution >= 4 is 28.8 Å². The minimum absolute atomic E-state index is 0.0108. The van der Waals surface area contributed by atoms with E-state index in [9.17, 15) is 22.8 Å². The maximum Gasteiger partial charge on any atom is 0.416 e. The molecule has 2 amide bonds. The van der Waals surface area contributed by atoms with Crippen molar-refractivity contribution < 1.29 is 32.2 Å². The highest BCUT2D eigenvalue weighted by Crippen LogP contribution is 2.37. The fraction of sp³-hybridized carbons (Fsp3) is 0.120. The Morgan fingerprint density at radius 3 is 2.03 bits per heavy atom. The Bertz CT molecular complexity index is 1270. The van der Waals surface area contributed by atoms with Gasteiger partial charge in [0.1, 0.15) is 5.70 Å². The van der Waals surface area contributed by atoms with Gasteiger partial charge in [-0.1, -0.05) is 30.3 Å². The lowest BCUT2D eigenvalue weighted by Crippen LogP contribution is -2.32. The number of hydrogen-bond acceptors (Lipinski definition) is 5. The normalized spacial score (nSPS) is 14.0. The number of rotatable bonds is 6. The lowest BCUT2D eigenvalue weighted by atomic mass is 10.0. The molecule has 1 aliphatic rings. The van der Waals surface area contributed by atoms with E-state index in [1.165, 1.54) is 14.2 Å². The second kappa shape index (κ2) is 8.93. The van der Waals surface area contributed by atoms with Crippen LogP contribution < -0.4 is 19.7 Å². The van der Waals surface area contributed by atoms with Crippen LogP contribution in [0, 0.1) is 0 Å². The molecule has 0 radical (unpaired) electrons. The molecule has 0 atom stereocenters. The molecule has 0 saturated heterocycles. The molecule has 0 unspecified atom stereocenters. The molecule has 0 spiro atoms.